The Labute approximate surface area is 77.0 Å². The van der Waals surface area contributed by atoms with Crippen LogP contribution in [0.5, 0.6) is 0 Å². The van der Waals surface area contributed by atoms with Gasteiger partial charge in [0.05, 0.1) is 0 Å². The fourth-order valence-corrected chi connectivity index (χ4v) is 2.14. The summed E-state index contributed by atoms with van der Waals surface area (Å²) in [6.07, 6.45) is 0.652. The van der Waals surface area contributed by atoms with Crippen LogP contribution in [0.4, 0.5) is 0 Å². The maximum Gasteiger partial charge on any atom is 0.0449 e. The van der Waals surface area contributed by atoms with E-state index < -0.39 is 0 Å². The second-order valence-corrected chi connectivity index (χ2v) is 4.29. The quantitative estimate of drug-likeness (QED) is 0.753. The maximum atomic E-state index is 8.70. The van der Waals surface area contributed by atoms with Gasteiger partial charge in [0.2, 0.25) is 0 Å². The minimum absolute atomic E-state index is 0.00685. The highest BCUT2D eigenvalue weighted by Crippen LogP contribution is 2.26. The summed E-state index contributed by atoms with van der Waals surface area (Å²) in [5, 5.41) is 8.70. The molecule has 1 rings (SSSR count). The van der Waals surface area contributed by atoms with Crippen LogP contribution < -0.4 is 5.73 Å². The van der Waals surface area contributed by atoms with E-state index in [4.69, 9.17) is 10.8 Å². The van der Waals surface area contributed by atoms with Crippen molar-refractivity contribution in [3.05, 3.63) is 21.4 Å². The molecule has 0 spiro atoms. The van der Waals surface area contributed by atoms with Gasteiger partial charge in [-0.3, -0.25) is 0 Å². The largest absolute Gasteiger partial charge is 0.396 e. The van der Waals surface area contributed by atoms with E-state index in [0.717, 1.165) is 0 Å². The summed E-state index contributed by atoms with van der Waals surface area (Å²) < 4.78 is 0. The first-order valence-corrected chi connectivity index (χ1v) is 4.90. The average molecular weight is 185 g/mol. The van der Waals surface area contributed by atoms with Crippen molar-refractivity contribution in [3.63, 3.8) is 0 Å². The molecule has 0 fully saturated rings. The Morgan fingerprint density at radius 3 is 2.67 bits per heavy atom. The third-order valence-electron chi connectivity index (χ3n) is 1.99. The Morgan fingerprint density at radius 2 is 2.25 bits per heavy atom. The molecule has 3 N–H and O–H groups in total. The van der Waals surface area contributed by atoms with E-state index in [0.29, 0.717) is 6.42 Å². The van der Waals surface area contributed by atoms with Crippen LogP contribution in [0.2, 0.25) is 0 Å². The van der Waals surface area contributed by atoms with Crippen molar-refractivity contribution in [1.29, 1.82) is 0 Å². The van der Waals surface area contributed by atoms with Gasteiger partial charge in [0.1, 0.15) is 0 Å². The predicted molar refractivity (Wildman–Crippen MR) is 52.4 cm³/mol. The number of aryl methyl sites for hydroxylation is 2. The highest BCUT2D eigenvalue weighted by atomic mass is 32.1. The molecular weight excluding hydrogens is 170 g/mol. The van der Waals surface area contributed by atoms with Gasteiger partial charge in [0.25, 0.3) is 0 Å². The lowest BCUT2D eigenvalue weighted by Crippen LogP contribution is -2.09. The minimum atomic E-state index is 0.00685. The normalized spacial score (nSPS) is 13.3. The topological polar surface area (TPSA) is 46.2 Å². The Balaban J connectivity index is 2.74. The molecule has 3 heteroatoms. The van der Waals surface area contributed by atoms with Crippen molar-refractivity contribution in [2.24, 2.45) is 5.73 Å². The highest BCUT2D eigenvalue weighted by Gasteiger charge is 2.08. The zero-order valence-electron chi connectivity index (χ0n) is 7.50. The SMILES string of the molecule is Cc1cc(C(N)CCO)sc1C. The van der Waals surface area contributed by atoms with Crippen molar-refractivity contribution in [2.45, 2.75) is 26.3 Å². The van der Waals surface area contributed by atoms with E-state index in [1.807, 2.05) is 0 Å². The lowest BCUT2D eigenvalue weighted by Gasteiger charge is -2.05. The van der Waals surface area contributed by atoms with Crippen molar-refractivity contribution >= 4 is 11.3 Å². The lowest BCUT2D eigenvalue weighted by molar-refractivity contribution is 0.277. The summed E-state index contributed by atoms with van der Waals surface area (Å²) in [4.78, 5) is 2.50. The molecule has 0 radical (unpaired) electrons. The molecule has 0 amide bonds. The molecule has 2 nitrogen and oxygen atoms in total. The molecular formula is C9H15NOS. The van der Waals surface area contributed by atoms with Crippen LogP contribution in [-0.2, 0) is 0 Å². The summed E-state index contributed by atoms with van der Waals surface area (Å²) in [5.74, 6) is 0. The van der Waals surface area contributed by atoms with Crippen LogP contribution in [-0.4, -0.2) is 11.7 Å². The third-order valence-corrected chi connectivity index (χ3v) is 3.28. The van der Waals surface area contributed by atoms with Gasteiger partial charge in [0.15, 0.2) is 0 Å². The number of rotatable bonds is 3. The smallest absolute Gasteiger partial charge is 0.0449 e. The van der Waals surface area contributed by atoms with Crippen molar-refractivity contribution in [3.8, 4) is 0 Å². The molecule has 1 aromatic heterocycles. The Morgan fingerprint density at radius 1 is 1.58 bits per heavy atom. The van der Waals surface area contributed by atoms with Crippen molar-refractivity contribution in [1.82, 2.24) is 0 Å². The molecule has 0 saturated heterocycles. The van der Waals surface area contributed by atoms with E-state index in [1.165, 1.54) is 15.3 Å². The summed E-state index contributed by atoms with van der Waals surface area (Å²) in [6.45, 7) is 4.34. The van der Waals surface area contributed by atoms with Gasteiger partial charge in [-0.05, 0) is 31.9 Å². The van der Waals surface area contributed by atoms with E-state index in [-0.39, 0.29) is 12.6 Å². The fraction of sp³-hybridized carbons (Fsp3) is 0.556. The monoisotopic (exact) mass is 185 g/mol. The predicted octanol–water partition coefficient (Wildman–Crippen LogP) is 1.75. The van der Waals surface area contributed by atoms with Gasteiger partial charge < -0.3 is 10.8 Å². The number of nitrogens with two attached hydrogens (primary N) is 1. The first-order chi connectivity index (χ1) is 5.65. The molecule has 0 aliphatic carbocycles. The fourth-order valence-electron chi connectivity index (χ4n) is 1.07. The van der Waals surface area contributed by atoms with Crippen LogP contribution in [0.15, 0.2) is 6.07 Å². The molecule has 1 atom stereocenters. The van der Waals surface area contributed by atoms with Gasteiger partial charge in [-0.2, -0.15) is 0 Å². The minimum Gasteiger partial charge on any atom is -0.396 e. The lowest BCUT2D eigenvalue weighted by atomic mass is 10.1. The Kier molecular flexibility index (Phi) is 3.26. The Hall–Kier alpha value is -0.380. The zero-order valence-corrected chi connectivity index (χ0v) is 8.32. The maximum absolute atomic E-state index is 8.70. The molecule has 1 aromatic rings. The van der Waals surface area contributed by atoms with E-state index in [9.17, 15) is 0 Å². The first kappa shape index (κ1) is 9.71. The number of hydrogen-bond acceptors (Lipinski definition) is 3. The standard InChI is InChI=1S/C9H15NOS/c1-6-5-9(12-7(6)2)8(10)3-4-11/h5,8,11H,3-4,10H2,1-2H3. The van der Waals surface area contributed by atoms with Crippen LogP contribution >= 0.6 is 11.3 Å². The van der Waals surface area contributed by atoms with E-state index >= 15 is 0 Å². The van der Waals surface area contributed by atoms with E-state index in [1.54, 1.807) is 11.3 Å². The Bertz CT molecular complexity index is 238. The highest BCUT2D eigenvalue weighted by molar-refractivity contribution is 7.12. The summed E-state index contributed by atoms with van der Waals surface area (Å²) in [7, 11) is 0. The number of aliphatic hydroxyl groups is 1. The van der Waals surface area contributed by atoms with Crippen LogP contribution in [0.3, 0.4) is 0 Å². The molecule has 12 heavy (non-hydrogen) atoms. The van der Waals surface area contributed by atoms with Crippen molar-refractivity contribution in [2.75, 3.05) is 6.61 Å². The molecule has 1 heterocycles. The average Bonchev–Trinajstić information content (AvgIpc) is 2.33. The van der Waals surface area contributed by atoms with Gasteiger partial charge in [-0.25, -0.2) is 0 Å². The second kappa shape index (κ2) is 4.03. The van der Waals surface area contributed by atoms with Gasteiger partial charge in [-0.15, -0.1) is 11.3 Å². The molecule has 0 saturated carbocycles. The molecule has 1 unspecified atom stereocenters. The van der Waals surface area contributed by atoms with Gasteiger partial charge in [-0.1, -0.05) is 0 Å². The third kappa shape index (κ3) is 2.06. The molecule has 68 valence electrons. The van der Waals surface area contributed by atoms with Gasteiger partial charge >= 0.3 is 0 Å². The van der Waals surface area contributed by atoms with E-state index in [2.05, 4.69) is 19.9 Å². The summed E-state index contributed by atoms with van der Waals surface area (Å²) in [5.41, 5.74) is 7.13. The summed E-state index contributed by atoms with van der Waals surface area (Å²) in [6, 6.07) is 2.12. The first-order valence-electron chi connectivity index (χ1n) is 4.08. The zero-order chi connectivity index (χ0) is 9.14. The summed E-state index contributed by atoms with van der Waals surface area (Å²) >= 11 is 1.73. The number of hydrogen-bond donors (Lipinski definition) is 2. The molecule has 0 aliphatic rings. The van der Waals surface area contributed by atoms with Crippen LogP contribution in [0.1, 0.15) is 27.8 Å². The molecule has 0 aliphatic heterocycles. The van der Waals surface area contributed by atoms with Crippen molar-refractivity contribution < 1.29 is 5.11 Å². The second-order valence-electron chi connectivity index (χ2n) is 3.01. The van der Waals surface area contributed by atoms with Gasteiger partial charge in [0, 0.05) is 22.4 Å². The van der Waals surface area contributed by atoms with Crippen LogP contribution in [0.25, 0.3) is 0 Å². The molecule has 0 bridgehead atoms. The number of aliphatic hydroxyl groups excluding tert-OH is 1. The molecule has 0 aromatic carbocycles. The number of thiophene rings is 1. The van der Waals surface area contributed by atoms with Crippen LogP contribution in [0, 0.1) is 13.8 Å².